The second kappa shape index (κ2) is 7.28. The molecule has 0 aliphatic rings. The highest BCUT2D eigenvalue weighted by Crippen LogP contribution is 2.19. The minimum absolute atomic E-state index is 0.0707. The van der Waals surface area contributed by atoms with Gasteiger partial charge in [-0.2, -0.15) is 0 Å². The molecule has 1 N–H and O–H groups in total. The highest BCUT2D eigenvalue weighted by Gasteiger charge is 2.11. The summed E-state index contributed by atoms with van der Waals surface area (Å²) in [7, 11) is 0. The van der Waals surface area contributed by atoms with Gasteiger partial charge in [-0.3, -0.25) is 0 Å². The van der Waals surface area contributed by atoms with Crippen LogP contribution >= 0.6 is 0 Å². The molecule has 2 unspecified atom stereocenters. The van der Waals surface area contributed by atoms with Gasteiger partial charge in [-0.1, -0.05) is 34.6 Å². The Kier molecular flexibility index (Phi) is 7.26. The van der Waals surface area contributed by atoms with E-state index in [1.165, 1.54) is 0 Å². The molecule has 0 saturated heterocycles. The molecule has 0 aromatic heterocycles. The van der Waals surface area contributed by atoms with E-state index in [0.29, 0.717) is 5.92 Å². The fraction of sp³-hybridized carbons (Fsp3) is 1.00. The minimum Gasteiger partial charge on any atom is -0.393 e. The molecule has 0 saturated carbocycles. The van der Waals surface area contributed by atoms with E-state index in [2.05, 4.69) is 34.6 Å². The maximum atomic E-state index is 9.73. The van der Waals surface area contributed by atoms with Crippen LogP contribution in [0.1, 0.15) is 60.3 Å². The smallest absolute Gasteiger partial charge is 0.0540 e. The zero-order valence-electron chi connectivity index (χ0n) is 10.6. The molecule has 86 valence electrons. The van der Waals surface area contributed by atoms with E-state index in [1.807, 2.05) is 0 Å². The van der Waals surface area contributed by atoms with Gasteiger partial charge >= 0.3 is 0 Å². The van der Waals surface area contributed by atoms with Gasteiger partial charge in [0.2, 0.25) is 0 Å². The van der Waals surface area contributed by atoms with Crippen molar-refractivity contribution in [3.63, 3.8) is 0 Å². The first-order chi connectivity index (χ1) is 6.43. The van der Waals surface area contributed by atoms with Crippen LogP contribution in [0.3, 0.4) is 0 Å². The molecule has 0 aromatic rings. The first kappa shape index (κ1) is 14.0. The van der Waals surface area contributed by atoms with Crippen molar-refractivity contribution in [2.45, 2.75) is 66.4 Å². The molecule has 0 fully saturated rings. The second-order valence-corrected chi connectivity index (χ2v) is 5.42. The van der Waals surface area contributed by atoms with E-state index in [9.17, 15) is 5.11 Å². The van der Waals surface area contributed by atoms with Crippen LogP contribution in [0.5, 0.6) is 0 Å². The molecule has 1 nitrogen and oxygen atoms in total. The van der Waals surface area contributed by atoms with Gasteiger partial charge in [0.1, 0.15) is 0 Å². The Morgan fingerprint density at radius 3 is 1.71 bits per heavy atom. The van der Waals surface area contributed by atoms with Crippen LogP contribution in [0.15, 0.2) is 0 Å². The molecule has 0 spiro atoms. The molecular formula is C13H28O. The quantitative estimate of drug-likeness (QED) is 0.661. The zero-order chi connectivity index (χ0) is 11.1. The molecule has 0 rings (SSSR count). The van der Waals surface area contributed by atoms with Crippen molar-refractivity contribution < 1.29 is 5.11 Å². The third-order valence-electron chi connectivity index (χ3n) is 3.17. The summed E-state index contributed by atoms with van der Waals surface area (Å²) in [6.07, 6.45) is 4.20. The maximum Gasteiger partial charge on any atom is 0.0540 e. The summed E-state index contributed by atoms with van der Waals surface area (Å²) in [5, 5.41) is 9.73. The monoisotopic (exact) mass is 200 g/mol. The number of aliphatic hydroxyl groups is 1. The van der Waals surface area contributed by atoms with E-state index in [1.54, 1.807) is 0 Å². The summed E-state index contributed by atoms with van der Waals surface area (Å²) >= 11 is 0. The molecule has 14 heavy (non-hydrogen) atoms. The van der Waals surface area contributed by atoms with Crippen molar-refractivity contribution in [1.29, 1.82) is 0 Å². The molecular weight excluding hydrogens is 172 g/mol. The molecule has 0 aliphatic carbocycles. The average molecular weight is 200 g/mol. The van der Waals surface area contributed by atoms with Crippen LogP contribution in [0.25, 0.3) is 0 Å². The van der Waals surface area contributed by atoms with Gasteiger partial charge in [-0.05, 0) is 43.4 Å². The lowest BCUT2D eigenvalue weighted by molar-refractivity contribution is 0.135. The summed E-state index contributed by atoms with van der Waals surface area (Å²) in [6, 6.07) is 0. The fourth-order valence-corrected chi connectivity index (χ4v) is 1.46. The van der Waals surface area contributed by atoms with Gasteiger partial charge in [-0.25, -0.2) is 0 Å². The standard InChI is InChI=1S/C13H28O/c1-10(2)6-8-13(14)9-7-12(5)11(3)4/h10-14H,6-9H2,1-5H3. The van der Waals surface area contributed by atoms with Crippen molar-refractivity contribution in [3.05, 3.63) is 0 Å². The third kappa shape index (κ3) is 7.37. The van der Waals surface area contributed by atoms with E-state index >= 15 is 0 Å². The molecule has 1 heteroatoms. The minimum atomic E-state index is -0.0707. The SMILES string of the molecule is CC(C)CCC(O)CCC(C)C(C)C. The Labute approximate surface area is 89.9 Å². The predicted molar refractivity (Wildman–Crippen MR) is 63.3 cm³/mol. The Bertz CT molecular complexity index is 129. The van der Waals surface area contributed by atoms with Gasteiger partial charge in [0.05, 0.1) is 6.10 Å². The summed E-state index contributed by atoms with van der Waals surface area (Å²) < 4.78 is 0. The van der Waals surface area contributed by atoms with E-state index in [4.69, 9.17) is 0 Å². The normalized spacial score (nSPS) is 16.3. The van der Waals surface area contributed by atoms with Crippen molar-refractivity contribution in [2.75, 3.05) is 0 Å². The first-order valence-electron chi connectivity index (χ1n) is 6.11. The van der Waals surface area contributed by atoms with Gasteiger partial charge in [0.15, 0.2) is 0 Å². The summed E-state index contributed by atoms with van der Waals surface area (Å²) in [6.45, 7) is 11.2. The lowest BCUT2D eigenvalue weighted by atomic mass is 9.91. The predicted octanol–water partition coefficient (Wildman–Crippen LogP) is 3.86. The van der Waals surface area contributed by atoms with E-state index < -0.39 is 0 Å². The van der Waals surface area contributed by atoms with Crippen molar-refractivity contribution in [1.82, 2.24) is 0 Å². The Morgan fingerprint density at radius 1 is 0.786 bits per heavy atom. The number of aliphatic hydroxyl groups excluding tert-OH is 1. The van der Waals surface area contributed by atoms with Crippen molar-refractivity contribution >= 4 is 0 Å². The number of hydrogen-bond donors (Lipinski definition) is 1. The van der Waals surface area contributed by atoms with Crippen LogP contribution in [0.4, 0.5) is 0 Å². The molecule has 0 aliphatic heterocycles. The van der Waals surface area contributed by atoms with Crippen molar-refractivity contribution in [2.24, 2.45) is 17.8 Å². The average Bonchev–Trinajstić information content (AvgIpc) is 2.10. The number of hydrogen-bond acceptors (Lipinski definition) is 1. The lowest BCUT2D eigenvalue weighted by Gasteiger charge is -2.18. The summed E-state index contributed by atoms with van der Waals surface area (Å²) in [5.74, 6) is 2.20. The highest BCUT2D eigenvalue weighted by atomic mass is 16.3. The van der Waals surface area contributed by atoms with Crippen LogP contribution in [-0.2, 0) is 0 Å². The maximum absolute atomic E-state index is 9.73. The fourth-order valence-electron chi connectivity index (χ4n) is 1.46. The summed E-state index contributed by atoms with van der Waals surface area (Å²) in [4.78, 5) is 0. The van der Waals surface area contributed by atoms with Gasteiger partial charge < -0.3 is 5.11 Å². The molecule has 0 aromatic carbocycles. The van der Waals surface area contributed by atoms with Crippen molar-refractivity contribution in [3.8, 4) is 0 Å². The molecule has 0 radical (unpaired) electrons. The molecule has 0 bridgehead atoms. The zero-order valence-corrected chi connectivity index (χ0v) is 10.6. The molecule has 0 heterocycles. The van der Waals surface area contributed by atoms with Gasteiger partial charge in [0, 0.05) is 0 Å². The number of rotatable bonds is 7. The highest BCUT2D eigenvalue weighted by molar-refractivity contribution is 4.63. The largest absolute Gasteiger partial charge is 0.393 e. The van der Waals surface area contributed by atoms with Crippen LogP contribution in [0, 0.1) is 17.8 Å². The van der Waals surface area contributed by atoms with E-state index in [-0.39, 0.29) is 6.10 Å². The first-order valence-corrected chi connectivity index (χ1v) is 6.11. The Hall–Kier alpha value is -0.0400. The lowest BCUT2D eigenvalue weighted by Crippen LogP contribution is -2.12. The van der Waals surface area contributed by atoms with Gasteiger partial charge in [0.25, 0.3) is 0 Å². The van der Waals surface area contributed by atoms with Crippen LogP contribution in [-0.4, -0.2) is 11.2 Å². The topological polar surface area (TPSA) is 20.2 Å². The Balaban J connectivity index is 3.48. The van der Waals surface area contributed by atoms with E-state index in [0.717, 1.165) is 37.5 Å². The van der Waals surface area contributed by atoms with Crippen LogP contribution < -0.4 is 0 Å². The molecule has 0 amide bonds. The Morgan fingerprint density at radius 2 is 1.29 bits per heavy atom. The third-order valence-corrected chi connectivity index (χ3v) is 3.17. The van der Waals surface area contributed by atoms with Crippen LogP contribution in [0.2, 0.25) is 0 Å². The van der Waals surface area contributed by atoms with Gasteiger partial charge in [-0.15, -0.1) is 0 Å². The molecule has 2 atom stereocenters. The summed E-state index contributed by atoms with van der Waals surface area (Å²) in [5.41, 5.74) is 0. The second-order valence-electron chi connectivity index (χ2n) is 5.42.